The van der Waals surface area contributed by atoms with Crippen LogP contribution in [0.2, 0.25) is 0 Å². The lowest BCUT2D eigenvalue weighted by molar-refractivity contribution is -0.111. The van der Waals surface area contributed by atoms with Crippen LogP contribution < -0.4 is 0 Å². The third-order valence-corrected chi connectivity index (χ3v) is 9.26. The Morgan fingerprint density at radius 3 is 2.45 bits per heavy atom. The van der Waals surface area contributed by atoms with Crippen LogP contribution in [0.25, 0.3) is 0 Å². The number of hydrogen-bond acceptors (Lipinski definition) is 1. The standard InChI is InChI=1S/C21H36O/c1-20-12-4-3-5-15(20)6-8-17-18-9-7-16(11-14-22)21(18,2)13-10-19(17)20/h15-19,22H,3-14H2,1-2H3/t15-,16-,17+,18+,19+,20+,21-/m1/s1. The molecule has 4 aliphatic carbocycles. The van der Waals surface area contributed by atoms with Crippen molar-refractivity contribution < 1.29 is 5.11 Å². The summed E-state index contributed by atoms with van der Waals surface area (Å²) in [7, 11) is 0. The highest BCUT2D eigenvalue weighted by molar-refractivity contribution is 5.08. The molecule has 0 aromatic heterocycles. The van der Waals surface area contributed by atoms with Gasteiger partial charge in [-0.15, -0.1) is 0 Å². The molecule has 0 aliphatic heterocycles. The van der Waals surface area contributed by atoms with Gasteiger partial charge in [-0.1, -0.05) is 26.7 Å². The zero-order valence-electron chi connectivity index (χ0n) is 14.8. The summed E-state index contributed by atoms with van der Waals surface area (Å²) in [5.41, 5.74) is 1.24. The molecule has 0 aromatic carbocycles. The molecule has 1 N–H and O–H groups in total. The van der Waals surface area contributed by atoms with Crippen molar-refractivity contribution in [2.24, 2.45) is 40.4 Å². The largest absolute Gasteiger partial charge is 0.396 e. The first-order valence-corrected chi connectivity index (χ1v) is 10.2. The van der Waals surface area contributed by atoms with Crippen LogP contribution in [0.4, 0.5) is 0 Å². The smallest absolute Gasteiger partial charge is 0.0433 e. The summed E-state index contributed by atoms with van der Waals surface area (Å²) >= 11 is 0. The molecule has 0 spiro atoms. The van der Waals surface area contributed by atoms with E-state index in [9.17, 15) is 5.11 Å². The predicted molar refractivity (Wildman–Crippen MR) is 91.5 cm³/mol. The molecule has 22 heavy (non-hydrogen) atoms. The predicted octanol–water partition coefficient (Wildman–Crippen LogP) is 5.42. The number of aliphatic hydroxyl groups excluding tert-OH is 1. The van der Waals surface area contributed by atoms with E-state index in [1.807, 2.05) is 0 Å². The molecular weight excluding hydrogens is 268 g/mol. The Labute approximate surface area is 137 Å². The molecule has 1 heteroatoms. The summed E-state index contributed by atoms with van der Waals surface area (Å²) in [6.45, 7) is 5.67. The monoisotopic (exact) mass is 304 g/mol. The second kappa shape index (κ2) is 5.50. The molecular formula is C21H36O. The van der Waals surface area contributed by atoms with Gasteiger partial charge >= 0.3 is 0 Å². The molecule has 4 aliphatic rings. The fourth-order valence-electron chi connectivity index (χ4n) is 8.03. The zero-order chi connectivity index (χ0) is 15.4. The lowest BCUT2D eigenvalue weighted by Crippen LogP contribution is -2.52. The molecule has 7 atom stereocenters. The fourth-order valence-corrected chi connectivity index (χ4v) is 8.03. The third kappa shape index (κ3) is 2.06. The summed E-state index contributed by atoms with van der Waals surface area (Å²) in [5, 5.41) is 9.46. The summed E-state index contributed by atoms with van der Waals surface area (Å²) < 4.78 is 0. The van der Waals surface area contributed by atoms with Gasteiger partial charge in [0.25, 0.3) is 0 Å². The van der Waals surface area contributed by atoms with Gasteiger partial charge in [0.2, 0.25) is 0 Å². The van der Waals surface area contributed by atoms with Crippen molar-refractivity contribution in [3.63, 3.8) is 0 Å². The summed E-state index contributed by atoms with van der Waals surface area (Å²) in [6.07, 6.45) is 15.9. The molecule has 0 radical (unpaired) electrons. The normalized spacial score (nSPS) is 54.4. The van der Waals surface area contributed by atoms with Crippen LogP contribution in [0.1, 0.15) is 84.5 Å². The van der Waals surface area contributed by atoms with E-state index in [0.717, 1.165) is 36.0 Å². The van der Waals surface area contributed by atoms with Gasteiger partial charge in [0.05, 0.1) is 0 Å². The number of rotatable bonds is 2. The van der Waals surface area contributed by atoms with Gasteiger partial charge in [-0.25, -0.2) is 0 Å². The van der Waals surface area contributed by atoms with E-state index < -0.39 is 0 Å². The maximum absolute atomic E-state index is 9.46. The second-order valence-electron chi connectivity index (χ2n) is 9.73. The quantitative estimate of drug-likeness (QED) is 0.722. The molecule has 4 fully saturated rings. The second-order valence-corrected chi connectivity index (χ2v) is 9.73. The van der Waals surface area contributed by atoms with Crippen molar-refractivity contribution in [1.82, 2.24) is 0 Å². The number of aliphatic hydroxyl groups is 1. The highest BCUT2D eigenvalue weighted by Crippen LogP contribution is 2.67. The average Bonchev–Trinajstić information content (AvgIpc) is 2.84. The minimum absolute atomic E-state index is 0.404. The SMILES string of the molecule is C[C@]12CCCC[C@@H]1CC[C@@H]1[C@@H]2CC[C@]2(C)[C@@H](CCO)CC[C@@H]12. The Kier molecular flexibility index (Phi) is 3.87. The number of fused-ring (bicyclic) bond motifs is 5. The molecule has 0 aromatic rings. The maximum atomic E-state index is 9.46. The first kappa shape index (κ1) is 15.5. The van der Waals surface area contributed by atoms with Gasteiger partial charge in [-0.2, -0.15) is 0 Å². The third-order valence-electron chi connectivity index (χ3n) is 9.26. The van der Waals surface area contributed by atoms with Crippen molar-refractivity contribution in [3.8, 4) is 0 Å². The topological polar surface area (TPSA) is 20.2 Å². The molecule has 0 unspecified atom stereocenters. The van der Waals surface area contributed by atoms with E-state index >= 15 is 0 Å². The van der Waals surface area contributed by atoms with Gasteiger partial charge < -0.3 is 5.11 Å². The fraction of sp³-hybridized carbons (Fsp3) is 1.00. The van der Waals surface area contributed by atoms with Crippen molar-refractivity contribution >= 4 is 0 Å². The lowest BCUT2D eigenvalue weighted by atomic mass is 9.45. The van der Waals surface area contributed by atoms with Crippen molar-refractivity contribution in [3.05, 3.63) is 0 Å². The van der Waals surface area contributed by atoms with Gasteiger partial charge in [0.15, 0.2) is 0 Å². The summed E-state index contributed by atoms with van der Waals surface area (Å²) in [6, 6.07) is 0. The van der Waals surface area contributed by atoms with E-state index in [1.165, 1.54) is 64.2 Å². The lowest BCUT2D eigenvalue weighted by Gasteiger charge is -2.60. The minimum atomic E-state index is 0.404. The molecule has 0 amide bonds. The van der Waals surface area contributed by atoms with E-state index in [2.05, 4.69) is 13.8 Å². The maximum Gasteiger partial charge on any atom is 0.0433 e. The molecule has 1 nitrogen and oxygen atoms in total. The first-order valence-electron chi connectivity index (χ1n) is 10.2. The summed E-state index contributed by atoms with van der Waals surface area (Å²) in [5.74, 6) is 4.86. The molecule has 0 bridgehead atoms. The average molecular weight is 305 g/mol. The zero-order valence-corrected chi connectivity index (χ0v) is 14.8. The Bertz CT molecular complexity index is 418. The van der Waals surface area contributed by atoms with Crippen LogP contribution in [0.15, 0.2) is 0 Å². The Morgan fingerprint density at radius 2 is 1.64 bits per heavy atom. The van der Waals surface area contributed by atoms with Crippen LogP contribution in [0, 0.1) is 40.4 Å². The van der Waals surface area contributed by atoms with Crippen molar-refractivity contribution in [2.45, 2.75) is 84.5 Å². The van der Waals surface area contributed by atoms with E-state index in [4.69, 9.17) is 0 Å². The van der Waals surface area contributed by atoms with Crippen LogP contribution in [0.3, 0.4) is 0 Å². The molecule has 126 valence electrons. The van der Waals surface area contributed by atoms with Gasteiger partial charge in [-0.05, 0) is 98.2 Å². The molecule has 0 heterocycles. The first-order chi connectivity index (χ1) is 10.6. The highest BCUT2D eigenvalue weighted by Gasteiger charge is 2.59. The molecule has 4 saturated carbocycles. The van der Waals surface area contributed by atoms with Gasteiger partial charge in [0, 0.05) is 6.61 Å². The summed E-state index contributed by atoms with van der Waals surface area (Å²) in [4.78, 5) is 0. The Balaban J connectivity index is 1.59. The van der Waals surface area contributed by atoms with Crippen molar-refractivity contribution in [1.29, 1.82) is 0 Å². The number of hydrogen-bond donors (Lipinski definition) is 1. The van der Waals surface area contributed by atoms with Gasteiger partial charge in [-0.3, -0.25) is 0 Å². The van der Waals surface area contributed by atoms with Gasteiger partial charge in [0.1, 0.15) is 0 Å². The molecule has 0 saturated heterocycles. The van der Waals surface area contributed by atoms with E-state index in [0.29, 0.717) is 17.4 Å². The van der Waals surface area contributed by atoms with Crippen LogP contribution in [0.5, 0.6) is 0 Å². The highest BCUT2D eigenvalue weighted by atomic mass is 16.3. The van der Waals surface area contributed by atoms with E-state index in [-0.39, 0.29) is 0 Å². The Hall–Kier alpha value is -0.0400. The van der Waals surface area contributed by atoms with Crippen LogP contribution in [-0.2, 0) is 0 Å². The minimum Gasteiger partial charge on any atom is -0.396 e. The van der Waals surface area contributed by atoms with E-state index in [1.54, 1.807) is 0 Å². The van der Waals surface area contributed by atoms with Crippen molar-refractivity contribution in [2.75, 3.05) is 6.61 Å². The van der Waals surface area contributed by atoms with Crippen LogP contribution >= 0.6 is 0 Å². The van der Waals surface area contributed by atoms with Crippen LogP contribution in [-0.4, -0.2) is 11.7 Å². The molecule has 4 rings (SSSR count). The Morgan fingerprint density at radius 1 is 0.818 bits per heavy atom.